The van der Waals surface area contributed by atoms with E-state index in [2.05, 4.69) is 15.8 Å². The second-order valence-corrected chi connectivity index (χ2v) is 8.92. The molecule has 0 saturated carbocycles. The Morgan fingerprint density at radius 2 is 1.77 bits per heavy atom. The van der Waals surface area contributed by atoms with E-state index in [-0.39, 0.29) is 4.90 Å². The van der Waals surface area contributed by atoms with Crippen LogP contribution in [0.2, 0.25) is 10.0 Å². The number of aromatic nitrogens is 1. The molecule has 0 unspecified atom stereocenters. The maximum absolute atomic E-state index is 12.9. The van der Waals surface area contributed by atoms with E-state index in [9.17, 15) is 17.6 Å². The van der Waals surface area contributed by atoms with Crippen LogP contribution in [0, 0.1) is 5.82 Å². The van der Waals surface area contributed by atoms with Crippen LogP contribution in [0.15, 0.2) is 41.3 Å². The zero-order valence-corrected chi connectivity index (χ0v) is 15.9. The number of halogens is 3. The Hall–Kier alpha value is -1.94. The number of carbonyl (C=O) groups excluding carboxylic acids is 1. The Bertz CT molecular complexity index is 1050. The monoisotopic (exact) mass is 433 g/mol. The number of hydrogen-bond donors (Lipinski definition) is 2. The molecule has 0 radical (unpaired) electrons. The Morgan fingerprint density at radius 1 is 1.12 bits per heavy atom. The lowest BCUT2D eigenvalue weighted by atomic mass is 10.3. The van der Waals surface area contributed by atoms with Crippen LogP contribution in [0.3, 0.4) is 0 Å². The number of benzene rings is 2. The molecule has 26 heavy (non-hydrogen) atoms. The average Bonchev–Trinajstić information content (AvgIpc) is 3.02. The highest BCUT2D eigenvalue weighted by atomic mass is 35.5. The van der Waals surface area contributed by atoms with Gasteiger partial charge in [0.15, 0.2) is 9.84 Å². The summed E-state index contributed by atoms with van der Waals surface area (Å²) in [5.41, 5.74) is 5.27. The van der Waals surface area contributed by atoms with E-state index in [0.29, 0.717) is 25.4 Å². The van der Waals surface area contributed by atoms with E-state index < -0.39 is 27.3 Å². The Kier molecular flexibility index (Phi) is 5.33. The standard InChI is InChI=1S/C15H10Cl2FN3O3S2/c16-10-5-6-11(17)14-13(10)19-15(25-14)21-20-12(22)7-26(23,24)9-3-1-8(18)2-4-9/h1-6H,7H2,(H,19,21)(H,20,22). The molecule has 0 saturated heterocycles. The van der Waals surface area contributed by atoms with Gasteiger partial charge in [-0.15, -0.1) is 0 Å². The van der Waals surface area contributed by atoms with Crippen LogP contribution in [-0.4, -0.2) is 25.1 Å². The number of hydrogen-bond acceptors (Lipinski definition) is 6. The number of nitrogens with one attached hydrogen (secondary N) is 2. The maximum atomic E-state index is 12.9. The number of nitrogens with zero attached hydrogens (tertiary/aromatic N) is 1. The first-order valence-corrected chi connectivity index (χ1v) is 10.3. The van der Waals surface area contributed by atoms with Gasteiger partial charge in [0.05, 0.1) is 19.6 Å². The summed E-state index contributed by atoms with van der Waals surface area (Å²) in [4.78, 5) is 16.0. The van der Waals surface area contributed by atoms with E-state index in [1.165, 1.54) is 0 Å². The number of fused-ring (bicyclic) bond motifs is 1. The van der Waals surface area contributed by atoms with Gasteiger partial charge in [-0.3, -0.25) is 15.6 Å². The van der Waals surface area contributed by atoms with Crippen LogP contribution in [0.1, 0.15) is 0 Å². The number of rotatable bonds is 5. The first kappa shape index (κ1) is 18.8. The number of thiazole rings is 1. The van der Waals surface area contributed by atoms with Crippen LogP contribution in [0.4, 0.5) is 9.52 Å². The third kappa shape index (κ3) is 4.07. The molecule has 0 aliphatic heterocycles. The lowest BCUT2D eigenvalue weighted by Gasteiger charge is -2.06. The number of sulfone groups is 1. The summed E-state index contributed by atoms with van der Waals surface area (Å²) in [6, 6.07) is 7.45. The van der Waals surface area contributed by atoms with Crippen molar-refractivity contribution in [1.29, 1.82) is 0 Å². The lowest BCUT2D eigenvalue weighted by molar-refractivity contribution is -0.118. The number of carbonyl (C=O) groups is 1. The minimum absolute atomic E-state index is 0.146. The molecule has 0 spiro atoms. The summed E-state index contributed by atoms with van der Waals surface area (Å²) in [5, 5.41) is 1.15. The van der Waals surface area contributed by atoms with Gasteiger partial charge in [-0.1, -0.05) is 34.5 Å². The summed E-state index contributed by atoms with van der Waals surface area (Å²) >= 11 is 13.2. The van der Waals surface area contributed by atoms with Crippen LogP contribution < -0.4 is 10.9 Å². The topological polar surface area (TPSA) is 88.2 Å². The molecule has 136 valence electrons. The fourth-order valence-corrected chi connectivity index (χ4v) is 4.56. The van der Waals surface area contributed by atoms with Gasteiger partial charge in [0.1, 0.15) is 17.1 Å². The van der Waals surface area contributed by atoms with Gasteiger partial charge in [-0.2, -0.15) is 0 Å². The lowest BCUT2D eigenvalue weighted by Crippen LogP contribution is -2.34. The van der Waals surface area contributed by atoms with Gasteiger partial charge < -0.3 is 0 Å². The zero-order valence-electron chi connectivity index (χ0n) is 12.8. The SMILES string of the molecule is O=C(CS(=O)(=O)c1ccc(F)cc1)NNc1nc2c(Cl)ccc(Cl)c2s1. The summed E-state index contributed by atoms with van der Waals surface area (Å²) in [6.07, 6.45) is 0. The molecule has 2 aromatic carbocycles. The minimum atomic E-state index is -3.90. The van der Waals surface area contributed by atoms with Crippen molar-refractivity contribution in [2.45, 2.75) is 4.90 Å². The second kappa shape index (κ2) is 7.36. The molecule has 11 heteroatoms. The third-order valence-electron chi connectivity index (χ3n) is 3.25. The third-order valence-corrected chi connectivity index (χ3v) is 6.62. The first-order valence-electron chi connectivity index (χ1n) is 7.04. The molecule has 1 amide bonds. The van der Waals surface area contributed by atoms with Crippen molar-refractivity contribution in [2.75, 3.05) is 11.2 Å². The highest BCUT2D eigenvalue weighted by Gasteiger charge is 2.20. The Labute approximate surface area is 161 Å². The highest BCUT2D eigenvalue weighted by molar-refractivity contribution is 7.92. The smallest absolute Gasteiger partial charge is 0.253 e. The van der Waals surface area contributed by atoms with Gasteiger partial charge in [-0.25, -0.2) is 17.8 Å². The van der Waals surface area contributed by atoms with Gasteiger partial charge in [0.25, 0.3) is 5.91 Å². The number of anilines is 1. The van der Waals surface area contributed by atoms with Gasteiger partial charge in [0.2, 0.25) is 5.13 Å². The molecule has 0 aliphatic carbocycles. The van der Waals surface area contributed by atoms with E-state index in [1.807, 2.05) is 0 Å². The van der Waals surface area contributed by atoms with Gasteiger partial charge >= 0.3 is 0 Å². The molecule has 0 aliphatic rings. The normalized spacial score (nSPS) is 11.5. The van der Waals surface area contributed by atoms with Crippen LogP contribution in [0.25, 0.3) is 10.2 Å². The largest absolute Gasteiger partial charge is 0.273 e. The van der Waals surface area contributed by atoms with Gasteiger partial charge in [0, 0.05) is 0 Å². The predicted molar refractivity (Wildman–Crippen MR) is 99.9 cm³/mol. The molecule has 6 nitrogen and oxygen atoms in total. The molecule has 0 atom stereocenters. The van der Waals surface area contributed by atoms with E-state index in [1.54, 1.807) is 12.1 Å². The summed E-state index contributed by atoms with van der Waals surface area (Å²) in [6.45, 7) is 0. The van der Waals surface area contributed by atoms with Crippen LogP contribution >= 0.6 is 34.5 Å². The van der Waals surface area contributed by atoms with Crippen LogP contribution in [0.5, 0.6) is 0 Å². The Balaban J connectivity index is 1.68. The average molecular weight is 434 g/mol. The first-order chi connectivity index (χ1) is 12.3. The van der Waals surface area contributed by atoms with E-state index in [4.69, 9.17) is 23.2 Å². The van der Waals surface area contributed by atoms with Crippen molar-refractivity contribution in [3.8, 4) is 0 Å². The fourth-order valence-electron chi connectivity index (χ4n) is 2.06. The molecular formula is C15H10Cl2FN3O3S2. The number of amides is 1. The van der Waals surface area contributed by atoms with E-state index >= 15 is 0 Å². The quantitative estimate of drug-likeness (QED) is 0.473. The van der Waals surface area contributed by atoms with Crippen molar-refractivity contribution < 1.29 is 17.6 Å². The summed E-state index contributed by atoms with van der Waals surface area (Å²) in [7, 11) is -3.90. The van der Waals surface area contributed by atoms with Crippen molar-refractivity contribution >= 4 is 65.6 Å². The van der Waals surface area contributed by atoms with Crippen molar-refractivity contribution in [3.05, 3.63) is 52.3 Å². The molecule has 3 rings (SSSR count). The van der Waals surface area contributed by atoms with Crippen molar-refractivity contribution in [3.63, 3.8) is 0 Å². The predicted octanol–water partition coefficient (Wildman–Crippen LogP) is 3.66. The summed E-state index contributed by atoms with van der Waals surface area (Å²) in [5.74, 6) is -2.17. The second-order valence-electron chi connectivity index (χ2n) is 5.11. The minimum Gasteiger partial charge on any atom is -0.273 e. The maximum Gasteiger partial charge on any atom is 0.253 e. The summed E-state index contributed by atoms with van der Waals surface area (Å²) < 4.78 is 37.8. The van der Waals surface area contributed by atoms with Crippen molar-refractivity contribution in [1.82, 2.24) is 10.4 Å². The fraction of sp³-hybridized carbons (Fsp3) is 0.0667. The molecule has 2 N–H and O–H groups in total. The molecule has 0 bridgehead atoms. The molecule has 0 fully saturated rings. The molecular weight excluding hydrogens is 424 g/mol. The van der Waals surface area contributed by atoms with Crippen LogP contribution in [-0.2, 0) is 14.6 Å². The van der Waals surface area contributed by atoms with E-state index in [0.717, 1.165) is 35.6 Å². The zero-order chi connectivity index (χ0) is 18.9. The van der Waals surface area contributed by atoms with Gasteiger partial charge in [-0.05, 0) is 36.4 Å². The molecule has 3 aromatic rings. The number of hydrazine groups is 1. The molecule has 1 heterocycles. The van der Waals surface area contributed by atoms with Crippen molar-refractivity contribution in [2.24, 2.45) is 0 Å². The highest BCUT2D eigenvalue weighted by Crippen LogP contribution is 2.35. The molecule has 1 aromatic heterocycles. The Morgan fingerprint density at radius 3 is 2.42 bits per heavy atom.